The highest BCUT2D eigenvalue weighted by Crippen LogP contribution is 2.24. The van der Waals surface area contributed by atoms with E-state index in [9.17, 15) is 4.79 Å². The van der Waals surface area contributed by atoms with Crippen molar-refractivity contribution in [1.82, 2.24) is 5.32 Å². The molecular weight excluding hydrogens is 242 g/mol. The molecule has 1 aromatic carbocycles. The normalized spacial score (nSPS) is 10.7. The predicted molar refractivity (Wildman–Crippen MR) is 75.7 cm³/mol. The van der Waals surface area contributed by atoms with E-state index in [0.717, 1.165) is 11.3 Å². The number of carboxylic acids is 1. The van der Waals surface area contributed by atoms with Gasteiger partial charge in [-0.2, -0.15) is 0 Å². The van der Waals surface area contributed by atoms with Crippen LogP contribution in [0.25, 0.3) is 0 Å². The molecule has 0 aromatic heterocycles. The second kappa shape index (κ2) is 7.79. The van der Waals surface area contributed by atoms with Crippen molar-refractivity contribution in [2.24, 2.45) is 0 Å². The molecule has 0 saturated carbocycles. The van der Waals surface area contributed by atoms with Crippen LogP contribution in [0.4, 0.5) is 0 Å². The van der Waals surface area contributed by atoms with Gasteiger partial charge in [-0.3, -0.25) is 4.79 Å². The molecule has 4 nitrogen and oxygen atoms in total. The Morgan fingerprint density at radius 1 is 1.42 bits per heavy atom. The molecule has 1 aromatic rings. The summed E-state index contributed by atoms with van der Waals surface area (Å²) in [7, 11) is 1.67. The summed E-state index contributed by atoms with van der Waals surface area (Å²) in [6.07, 6.45) is 0.845. The van der Waals surface area contributed by atoms with Crippen molar-refractivity contribution in [3.05, 3.63) is 29.3 Å². The minimum atomic E-state index is -0.749. The van der Waals surface area contributed by atoms with Crippen LogP contribution in [-0.4, -0.2) is 24.7 Å². The maximum Gasteiger partial charge on any atom is 0.303 e. The molecule has 0 heterocycles. The van der Waals surface area contributed by atoms with Gasteiger partial charge in [-0.1, -0.05) is 26.0 Å². The Labute approximate surface area is 114 Å². The summed E-state index contributed by atoms with van der Waals surface area (Å²) in [5, 5.41) is 11.8. The second-order valence-corrected chi connectivity index (χ2v) is 4.90. The number of carbonyl (C=O) groups is 1. The van der Waals surface area contributed by atoms with Crippen molar-refractivity contribution in [2.75, 3.05) is 13.7 Å². The van der Waals surface area contributed by atoms with Gasteiger partial charge in [0.1, 0.15) is 5.75 Å². The first-order chi connectivity index (χ1) is 9.04. The third kappa shape index (κ3) is 5.30. The monoisotopic (exact) mass is 265 g/mol. The quantitative estimate of drug-likeness (QED) is 0.710. The second-order valence-electron chi connectivity index (χ2n) is 4.90. The molecule has 0 amide bonds. The van der Waals surface area contributed by atoms with Crippen molar-refractivity contribution in [1.29, 1.82) is 0 Å². The van der Waals surface area contributed by atoms with E-state index < -0.39 is 5.97 Å². The van der Waals surface area contributed by atoms with E-state index in [0.29, 0.717) is 25.4 Å². The van der Waals surface area contributed by atoms with Gasteiger partial charge < -0.3 is 15.2 Å². The molecular formula is C15H23NO3. The van der Waals surface area contributed by atoms with Gasteiger partial charge in [-0.25, -0.2) is 0 Å². The van der Waals surface area contributed by atoms with Gasteiger partial charge in [-0.05, 0) is 30.5 Å². The van der Waals surface area contributed by atoms with Crippen molar-refractivity contribution < 1.29 is 14.6 Å². The van der Waals surface area contributed by atoms with Crippen LogP contribution in [0.15, 0.2) is 18.2 Å². The number of hydrogen-bond acceptors (Lipinski definition) is 3. The molecule has 0 atom stereocenters. The number of nitrogens with one attached hydrogen (secondary N) is 1. The molecule has 0 aliphatic carbocycles. The molecule has 0 radical (unpaired) electrons. The predicted octanol–water partition coefficient (Wildman–Crippen LogP) is 2.77. The highest BCUT2D eigenvalue weighted by atomic mass is 16.5. The summed E-state index contributed by atoms with van der Waals surface area (Å²) < 4.78 is 5.40. The zero-order chi connectivity index (χ0) is 14.3. The molecule has 19 heavy (non-hydrogen) atoms. The number of carboxylic acid groups (broad SMARTS) is 1. The Bertz CT molecular complexity index is 416. The first-order valence-electron chi connectivity index (χ1n) is 6.64. The summed E-state index contributed by atoms with van der Waals surface area (Å²) in [6, 6.07) is 6.25. The molecule has 0 aliphatic rings. The van der Waals surface area contributed by atoms with Crippen LogP contribution in [0.5, 0.6) is 5.75 Å². The third-order valence-corrected chi connectivity index (χ3v) is 3.04. The molecule has 4 heteroatoms. The van der Waals surface area contributed by atoms with Crippen LogP contribution in [0.2, 0.25) is 0 Å². The van der Waals surface area contributed by atoms with Crippen LogP contribution in [-0.2, 0) is 11.3 Å². The fraction of sp³-hybridized carbons (Fsp3) is 0.533. The maximum atomic E-state index is 10.4. The molecule has 2 N–H and O–H groups in total. The topological polar surface area (TPSA) is 58.6 Å². The summed E-state index contributed by atoms with van der Waals surface area (Å²) in [4.78, 5) is 10.4. The molecule has 0 unspecified atom stereocenters. The lowest BCUT2D eigenvalue weighted by atomic mass is 10.0. The zero-order valence-electron chi connectivity index (χ0n) is 11.9. The summed E-state index contributed by atoms with van der Waals surface area (Å²) in [5.74, 6) is 0.615. The van der Waals surface area contributed by atoms with Crippen LogP contribution in [0.1, 0.15) is 43.7 Å². The Balaban J connectivity index is 2.51. The maximum absolute atomic E-state index is 10.4. The molecule has 0 bridgehead atoms. The zero-order valence-corrected chi connectivity index (χ0v) is 11.9. The Morgan fingerprint density at radius 2 is 2.16 bits per heavy atom. The fourth-order valence-corrected chi connectivity index (χ4v) is 1.85. The van der Waals surface area contributed by atoms with Gasteiger partial charge in [0, 0.05) is 18.5 Å². The minimum Gasteiger partial charge on any atom is -0.496 e. The van der Waals surface area contributed by atoms with Crippen molar-refractivity contribution in [3.63, 3.8) is 0 Å². The Kier molecular flexibility index (Phi) is 6.36. The van der Waals surface area contributed by atoms with Crippen molar-refractivity contribution in [2.45, 2.75) is 39.2 Å². The van der Waals surface area contributed by atoms with Gasteiger partial charge in [0.2, 0.25) is 0 Å². The van der Waals surface area contributed by atoms with Crippen LogP contribution >= 0.6 is 0 Å². The van der Waals surface area contributed by atoms with Crippen molar-refractivity contribution >= 4 is 5.97 Å². The van der Waals surface area contributed by atoms with Crippen LogP contribution < -0.4 is 10.1 Å². The number of aliphatic carboxylic acids is 1. The molecule has 0 fully saturated rings. The number of benzene rings is 1. The third-order valence-electron chi connectivity index (χ3n) is 3.04. The van der Waals surface area contributed by atoms with Gasteiger partial charge >= 0.3 is 5.97 Å². The summed E-state index contributed by atoms with van der Waals surface area (Å²) in [5.41, 5.74) is 2.36. The van der Waals surface area contributed by atoms with E-state index in [4.69, 9.17) is 9.84 Å². The number of ether oxygens (including phenoxy) is 1. The van der Waals surface area contributed by atoms with Gasteiger partial charge in [0.05, 0.1) is 7.11 Å². The lowest BCUT2D eigenvalue weighted by molar-refractivity contribution is -0.137. The molecule has 1 rings (SSSR count). The van der Waals surface area contributed by atoms with E-state index in [1.165, 1.54) is 5.56 Å². The lowest BCUT2D eigenvalue weighted by Gasteiger charge is -2.13. The fourth-order valence-electron chi connectivity index (χ4n) is 1.85. The standard InChI is InChI=1S/C15H23NO3/c1-11(2)12-6-7-13(14(9-12)19-3)10-16-8-4-5-15(17)18/h6-7,9,11,16H,4-5,8,10H2,1-3H3,(H,17,18). The number of hydrogen-bond donors (Lipinski definition) is 2. The summed E-state index contributed by atoms with van der Waals surface area (Å²) >= 11 is 0. The largest absolute Gasteiger partial charge is 0.496 e. The van der Waals surface area contributed by atoms with E-state index in [1.54, 1.807) is 7.11 Å². The molecule has 0 aliphatic heterocycles. The molecule has 0 spiro atoms. The highest BCUT2D eigenvalue weighted by Gasteiger charge is 2.06. The first-order valence-corrected chi connectivity index (χ1v) is 6.64. The lowest BCUT2D eigenvalue weighted by Crippen LogP contribution is -2.16. The minimum absolute atomic E-state index is 0.205. The van der Waals surface area contributed by atoms with Crippen molar-refractivity contribution in [3.8, 4) is 5.75 Å². The van der Waals surface area contributed by atoms with E-state index >= 15 is 0 Å². The van der Waals surface area contributed by atoms with Gasteiger partial charge in [0.25, 0.3) is 0 Å². The van der Waals surface area contributed by atoms with Crippen LogP contribution in [0.3, 0.4) is 0 Å². The van der Waals surface area contributed by atoms with Gasteiger partial charge in [0.15, 0.2) is 0 Å². The van der Waals surface area contributed by atoms with E-state index in [1.807, 2.05) is 0 Å². The van der Waals surface area contributed by atoms with Gasteiger partial charge in [-0.15, -0.1) is 0 Å². The summed E-state index contributed by atoms with van der Waals surface area (Å²) in [6.45, 7) is 5.69. The Hall–Kier alpha value is -1.55. The van der Waals surface area contributed by atoms with Crippen LogP contribution in [0, 0.1) is 0 Å². The molecule has 0 saturated heterocycles. The Morgan fingerprint density at radius 3 is 2.74 bits per heavy atom. The SMILES string of the molecule is COc1cc(C(C)C)ccc1CNCCCC(=O)O. The first kappa shape index (κ1) is 15.5. The number of rotatable bonds is 8. The number of methoxy groups -OCH3 is 1. The van der Waals surface area contributed by atoms with E-state index in [2.05, 4.69) is 37.4 Å². The smallest absolute Gasteiger partial charge is 0.303 e. The average molecular weight is 265 g/mol. The van der Waals surface area contributed by atoms with E-state index in [-0.39, 0.29) is 6.42 Å². The highest BCUT2D eigenvalue weighted by molar-refractivity contribution is 5.66. The average Bonchev–Trinajstić information content (AvgIpc) is 2.37. The molecule has 106 valence electrons.